The Morgan fingerprint density at radius 2 is 1.94 bits per heavy atom. The lowest BCUT2D eigenvalue weighted by molar-refractivity contribution is -0.128. The van der Waals surface area contributed by atoms with Crippen molar-refractivity contribution < 1.29 is 9.59 Å². The van der Waals surface area contributed by atoms with Crippen LogP contribution in [0.1, 0.15) is 26.7 Å². The molecule has 0 bridgehead atoms. The van der Waals surface area contributed by atoms with Crippen LogP contribution in [-0.4, -0.2) is 30.4 Å². The van der Waals surface area contributed by atoms with Gasteiger partial charge in [-0.1, -0.05) is 6.92 Å². The summed E-state index contributed by atoms with van der Waals surface area (Å²) in [6.45, 7) is 3.57. The van der Waals surface area contributed by atoms with Crippen LogP contribution in [0.4, 0.5) is 0 Å². The second kappa shape index (κ2) is 6.70. The van der Waals surface area contributed by atoms with Crippen LogP contribution in [0.5, 0.6) is 0 Å². The molecule has 0 aromatic carbocycles. The maximum Gasteiger partial charge on any atom is 0.239 e. The molecule has 1 saturated carbocycles. The normalized spacial score (nSPS) is 17.9. The van der Waals surface area contributed by atoms with Crippen LogP contribution in [0.3, 0.4) is 0 Å². The minimum Gasteiger partial charge on any atom is -0.352 e. The molecule has 6 heteroatoms. The van der Waals surface area contributed by atoms with E-state index >= 15 is 0 Å². The van der Waals surface area contributed by atoms with Gasteiger partial charge in [0, 0.05) is 18.0 Å². The van der Waals surface area contributed by atoms with Gasteiger partial charge in [0.05, 0.1) is 6.54 Å². The first-order valence-corrected chi connectivity index (χ1v) is 5.33. The molecule has 0 heterocycles. The van der Waals surface area contributed by atoms with E-state index in [4.69, 9.17) is 5.73 Å². The number of nitrogens with two attached hydrogens (primary N) is 1. The molecule has 16 heavy (non-hydrogen) atoms. The van der Waals surface area contributed by atoms with E-state index in [1.807, 2.05) is 0 Å². The molecule has 4 N–H and O–H groups in total. The van der Waals surface area contributed by atoms with Gasteiger partial charge < -0.3 is 16.4 Å². The van der Waals surface area contributed by atoms with E-state index < -0.39 is 0 Å². The van der Waals surface area contributed by atoms with Crippen LogP contribution < -0.4 is 16.4 Å². The van der Waals surface area contributed by atoms with Gasteiger partial charge in [-0.15, -0.1) is 12.4 Å². The molecule has 0 aromatic rings. The first-order valence-electron chi connectivity index (χ1n) is 5.33. The highest BCUT2D eigenvalue weighted by molar-refractivity contribution is 5.86. The highest BCUT2D eigenvalue weighted by Gasteiger charge is 2.23. The molecule has 0 radical (unpaired) electrons. The molecular formula is C10H20ClN3O2. The standard InChI is InChI=1S/C10H19N3O2.ClH/c1-6(7(2)11)10(15)12-5-9(14)13-8-3-4-8;/h6-8H,3-5,11H2,1-2H3,(H,12,15)(H,13,14);1H. The van der Waals surface area contributed by atoms with Gasteiger partial charge in [-0.05, 0) is 19.8 Å². The third kappa shape index (κ3) is 5.32. The zero-order valence-corrected chi connectivity index (χ0v) is 10.5. The van der Waals surface area contributed by atoms with E-state index in [0.29, 0.717) is 6.04 Å². The minimum absolute atomic E-state index is 0. The summed E-state index contributed by atoms with van der Waals surface area (Å²) in [5, 5.41) is 5.36. The van der Waals surface area contributed by atoms with Crippen molar-refractivity contribution >= 4 is 24.2 Å². The molecule has 94 valence electrons. The first kappa shape index (κ1) is 15.2. The van der Waals surface area contributed by atoms with Gasteiger partial charge in [-0.25, -0.2) is 0 Å². The Labute approximate surface area is 102 Å². The van der Waals surface area contributed by atoms with Crippen LogP contribution in [0.15, 0.2) is 0 Å². The van der Waals surface area contributed by atoms with E-state index in [9.17, 15) is 9.59 Å². The van der Waals surface area contributed by atoms with Crippen LogP contribution in [0, 0.1) is 5.92 Å². The second-order valence-electron chi connectivity index (χ2n) is 4.21. The van der Waals surface area contributed by atoms with Crippen LogP contribution in [0.25, 0.3) is 0 Å². The number of carbonyl (C=O) groups excluding carboxylic acids is 2. The van der Waals surface area contributed by atoms with E-state index in [0.717, 1.165) is 12.8 Å². The number of rotatable bonds is 5. The predicted octanol–water partition coefficient (Wildman–Crippen LogP) is -0.214. The summed E-state index contributed by atoms with van der Waals surface area (Å²) in [6.07, 6.45) is 2.10. The van der Waals surface area contributed by atoms with Gasteiger partial charge in [0.1, 0.15) is 0 Å². The van der Waals surface area contributed by atoms with Crippen molar-refractivity contribution in [3.05, 3.63) is 0 Å². The lowest BCUT2D eigenvalue weighted by Gasteiger charge is -2.14. The molecule has 1 fully saturated rings. The number of amides is 2. The Bertz CT molecular complexity index is 254. The molecule has 0 aromatic heterocycles. The summed E-state index contributed by atoms with van der Waals surface area (Å²) in [7, 11) is 0. The van der Waals surface area contributed by atoms with Crippen molar-refractivity contribution in [3.8, 4) is 0 Å². The maximum atomic E-state index is 11.4. The zero-order valence-electron chi connectivity index (χ0n) is 9.66. The summed E-state index contributed by atoms with van der Waals surface area (Å²) >= 11 is 0. The summed E-state index contributed by atoms with van der Waals surface area (Å²) in [5.41, 5.74) is 5.57. The molecule has 2 unspecified atom stereocenters. The summed E-state index contributed by atoms with van der Waals surface area (Å²) in [4.78, 5) is 22.7. The highest BCUT2D eigenvalue weighted by Crippen LogP contribution is 2.18. The van der Waals surface area contributed by atoms with E-state index in [-0.39, 0.29) is 42.7 Å². The summed E-state index contributed by atoms with van der Waals surface area (Å²) < 4.78 is 0. The van der Waals surface area contributed by atoms with Crippen molar-refractivity contribution in [2.75, 3.05) is 6.54 Å². The quantitative estimate of drug-likeness (QED) is 0.630. The average molecular weight is 250 g/mol. The lowest BCUT2D eigenvalue weighted by atomic mass is 10.0. The highest BCUT2D eigenvalue weighted by atomic mass is 35.5. The van der Waals surface area contributed by atoms with E-state index in [1.165, 1.54) is 0 Å². The van der Waals surface area contributed by atoms with Gasteiger partial charge in [-0.2, -0.15) is 0 Å². The Kier molecular flexibility index (Phi) is 6.36. The number of hydrogen-bond donors (Lipinski definition) is 3. The molecule has 1 aliphatic carbocycles. The zero-order chi connectivity index (χ0) is 11.4. The fourth-order valence-corrected chi connectivity index (χ4v) is 1.07. The minimum atomic E-state index is -0.265. The van der Waals surface area contributed by atoms with Gasteiger partial charge in [0.15, 0.2) is 0 Å². The van der Waals surface area contributed by atoms with Crippen molar-refractivity contribution in [3.63, 3.8) is 0 Å². The van der Waals surface area contributed by atoms with E-state index in [1.54, 1.807) is 13.8 Å². The molecule has 1 rings (SSSR count). The molecule has 5 nitrogen and oxygen atoms in total. The van der Waals surface area contributed by atoms with Crippen LogP contribution in [-0.2, 0) is 9.59 Å². The molecule has 1 aliphatic rings. The second-order valence-corrected chi connectivity index (χ2v) is 4.21. The molecule has 0 saturated heterocycles. The van der Waals surface area contributed by atoms with Gasteiger partial charge in [-0.3, -0.25) is 9.59 Å². The van der Waals surface area contributed by atoms with E-state index in [2.05, 4.69) is 10.6 Å². The SMILES string of the molecule is CC(N)C(C)C(=O)NCC(=O)NC1CC1.Cl. The fourth-order valence-electron chi connectivity index (χ4n) is 1.07. The molecule has 0 aliphatic heterocycles. The van der Waals surface area contributed by atoms with Crippen molar-refractivity contribution in [2.24, 2.45) is 11.7 Å². The third-order valence-electron chi connectivity index (χ3n) is 2.57. The Morgan fingerprint density at radius 3 is 2.38 bits per heavy atom. The van der Waals surface area contributed by atoms with Crippen LogP contribution >= 0.6 is 12.4 Å². The summed E-state index contributed by atoms with van der Waals surface area (Å²) in [5.74, 6) is -0.558. The number of nitrogens with one attached hydrogen (secondary N) is 2. The van der Waals surface area contributed by atoms with Gasteiger partial charge in [0.25, 0.3) is 0 Å². The average Bonchev–Trinajstić information content (AvgIpc) is 2.96. The molecular weight excluding hydrogens is 230 g/mol. The number of carbonyl (C=O) groups is 2. The largest absolute Gasteiger partial charge is 0.352 e. The fraction of sp³-hybridized carbons (Fsp3) is 0.800. The Balaban J connectivity index is 0.00000225. The number of hydrogen-bond acceptors (Lipinski definition) is 3. The number of halogens is 1. The van der Waals surface area contributed by atoms with Gasteiger partial charge >= 0.3 is 0 Å². The maximum absolute atomic E-state index is 11.4. The molecule has 2 amide bonds. The third-order valence-corrected chi connectivity index (χ3v) is 2.57. The monoisotopic (exact) mass is 249 g/mol. The molecule has 2 atom stereocenters. The van der Waals surface area contributed by atoms with Crippen molar-refractivity contribution in [2.45, 2.75) is 38.8 Å². The van der Waals surface area contributed by atoms with Crippen molar-refractivity contribution in [1.82, 2.24) is 10.6 Å². The lowest BCUT2D eigenvalue weighted by Crippen LogP contribution is -2.43. The first-order chi connectivity index (χ1) is 7.00. The smallest absolute Gasteiger partial charge is 0.239 e. The Morgan fingerprint density at radius 1 is 1.38 bits per heavy atom. The summed E-state index contributed by atoms with van der Waals surface area (Å²) in [6, 6.07) is 0.136. The predicted molar refractivity (Wildman–Crippen MR) is 64.2 cm³/mol. The van der Waals surface area contributed by atoms with Crippen LogP contribution in [0.2, 0.25) is 0 Å². The molecule has 0 spiro atoms. The Hall–Kier alpha value is -0.810. The van der Waals surface area contributed by atoms with Gasteiger partial charge in [0.2, 0.25) is 11.8 Å². The van der Waals surface area contributed by atoms with Crippen molar-refractivity contribution in [1.29, 1.82) is 0 Å². The topological polar surface area (TPSA) is 84.2 Å².